The summed E-state index contributed by atoms with van der Waals surface area (Å²) in [5.74, 6) is 3.33. The normalized spacial score (nSPS) is 46.5. The summed E-state index contributed by atoms with van der Waals surface area (Å²) >= 11 is 0. The molecule has 3 aliphatic rings. The third-order valence-electron chi connectivity index (χ3n) is 4.12. The van der Waals surface area contributed by atoms with E-state index in [9.17, 15) is 0 Å². The Kier molecular flexibility index (Phi) is 2.37. The fraction of sp³-hybridized carbons (Fsp3) is 1.00. The van der Waals surface area contributed by atoms with Crippen LogP contribution in [-0.2, 0) is 0 Å². The molecule has 0 aliphatic heterocycles. The maximum absolute atomic E-state index is 5.80. The molecule has 0 aromatic rings. The minimum Gasteiger partial charge on any atom is -0.330 e. The number of rotatable bonds is 2. The van der Waals surface area contributed by atoms with Gasteiger partial charge in [-0.05, 0) is 62.4 Å². The van der Waals surface area contributed by atoms with E-state index in [1.165, 1.54) is 25.7 Å². The van der Waals surface area contributed by atoms with Crippen LogP contribution >= 0.6 is 0 Å². The molecule has 2 nitrogen and oxygen atoms in total. The molecule has 0 spiro atoms. The standard InChI is InChI=1S/C10H20N2/c11-5-9-7-1-2-8(4-3-7)10(9)6-12/h7-10H,1-6,11-12H2/t7?,8?,9-,10-/m1/s1. The predicted octanol–water partition coefficient (Wildman–Crippen LogP) is 0.956. The van der Waals surface area contributed by atoms with Crippen molar-refractivity contribution in [3.63, 3.8) is 0 Å². The van der Waals surface area contributed by atoms with Crippen LogP contribution in [0.3, 0.4) is 0 Å². The third kappa shape index (κ3) is 1.17. The Morgan fingerprint density at radius 3 is 1.33 bits per heavy atom. The first-order valence-corrected chi connectivity index (χ1v) is 5.27. The van der Waals surface area contributed by atoms with Gasteiger partial charge in [0.15, 0.2) is 0 Å². The number of nitrogens with two attached hydrogens (primary N) is 2. The molecule has 12 heavy (non-hydrogen) atoms. The summed E-state index contributed by atoms with van der Waals surface area (Å²) in [6, 6.07) is 0. The van der Waals surface area contributed by atoms with E-state index in [-0.39, 0.29) is 0 Å². The predicted molar refractivity (Wildman–Crippen MR) is 50.5 cm³/mol. The SMILES string of the molecule is NC[C@@H]1C2CCC(CC2)[C@H]1CN. The molecule has 2 atom stereocenters. The van der Waals surface area contributed by atoms with Crippen molar-refractivity contribution in [1.29, 1.82) is 0 Å². The second-order valence-corrected chi connectivity index (χ2v) is 4.47. The van der Waals surface area contributed by atoms with Gasteiger partial charge in [0.1, 0.15) is 0 Å². The Morgan fingerprint density at radius 1 is 0.750 bits per heavy atom. The number of fused-ring (bicyclic) bond motifs is 3. The monoisotopic (exact) mass is 168 g/mol. The molecule has 2 heteroatoms. The van der Waals surface area contributed by atoms with Gasteiger partial charge in [-0.15, -0.1) is 0 Å². The van der Waals surface area contributed by atoms with E-state index in [1.807, 2.05) is 0 Å². The van der Waals surface area contributed by atoms with Crippen LogP contribution in [0.2, 0.25) is 0 Å². The highest BCUT2D eigenvalue weighted by Gasteiger charge is 2.41. The number of hydrogen-bond acceptors (Lipinski definition) is 2. The van der Waals surface area contributed by atoms with Crippen molar-refractivity contribution in [1.82, 2.24) is 0 Å². The van der Waals surface area contributed by atoms with Gasteiger partial charge in [-0.25, -0.2) is 0 Å². The Bertz CT molecular complexity index is 132. The van der Waals surface area contributed by atoms with Crippen molar-refractivity contribution in [2.24, 2.45) is 35.1 Å². The molecule has 70 valence electrons. The first-order chi connectivity index (χ1) is 5.86. The van der Waals surface area contributed by atoms with Crippen LogP contribution < -0.4 is 11.5 Å². The van der Waals surface area contributed by atoms with Gasteiger partial charge >= 0.3 is 0 Å². The molecule has 0 radical (unpaired) electrons. The summed E-state index contributed by atoms with van der Waals surface area (Å²) < 4.78 is 0. The van der Waals surface area contributed by atoms with E-state index in [0.29, 0.717) is 0 Å². The highest BCUT2D eigenvalue weighted by atomic mass is 14.7. The Hall–Kier alpha value is -0.0800. The van der Waals surface area contributed by atoms with Crippen molar-refractivity contribution in [2.75, 3.05) is 13.1 Å². The van der Waals surface area contributed by atoms with E-state index in [4.69, 9.17) is 11.5 Å². The lowest BCUT2D eigenvalue weighted by atomic mass is 9.58. The summed E-state index contributed by atoms with van der Waals surface area (Å²) in [5, 5.41) is 0. The van der Waals surface area contributed by atoms with Gasteiger partial charge in [0, 0.05) is 0 Å². The topological polar surface area (TPSA) is 52.0 Å². The molecule has 0 unspecified atom stereocenters. The van der Waals surface area contributed by atoms with E-state index in [1.54, 1.807) is 0 Å². The summed E-state index contributed by atoms with van der Waals surface area (Å²) in [5.41, 5.74) is 11.6. The molecular formula is C10H20N2. The Labute approximate surface area is 74.7 Å². The fourth-order valence-electron chi connectivity index (χ4n) is 3.43. The van der Waals surface area contributed by atoms with Crippen molar-refractivity contribution in [2.45, 2.75) is 25.7 Å². The molecule has 2 bridgehead atoms. The Morgan fingerprint density at radius 2 is 1.08 bits per heavy atom. The molecule has 3 saturated carbocycles. The average molecular weight is 168 g/mol. The Balaban J connectivity index is 2.10. The molecule has 0 aromatic carbocycles. The van der Waals surface area contributed by atoms with Crippen molar-refractivity contribution in [3.05, 3.63) is 0 Å². The molecule has 0 heterocycles. The summed E-state index contributed by atoms with van der Waals surface area (Å²) in [6.07, 6.45) is 5.68. The van der Waals surface area contributed by atoms with Crippen molar-refractivity contribution < 1.29 is 0 Å². The van der Waals surface area contributed by atoms with Gasteiger partial charge in [0.2, 0.25) is 0 Å². The van der Waals surface area contributed by atoms with Gasteiger partial charge in [-0.2, -0.15) is 0 Å². The van der Waals surface area contributed by atoms with Gasteiger partial charge in [0.05, 0.1) is 0 Å². The lowest BCUT2D eigenvalue weighted by Crippen LogP contribution is -2.46. The van der Waals surface area contributed by atoms with E-state index < -0.39 is 0 Å². The molecule has 4 N–H and O–H groups in total. The van der Waals surface area contributed by atoms with Crippen LogP contribution in [0.4, 0.5) is 0 Å². The van der Waals surface area contributed by atoms with Crippen LogP contribution in [0, 0.1) is 23.7 Å². The van der Waals surface area contributed by atoms with Crippen molar-refractivity contribution >= 4 is 0 Å². The smallest absolute Gasteiger partial charge is 0.00430 e. The second-order valence-electron chi connectivity index (χ2n) is 4.47. The quantitative estimate of drug-likeness (QED) is 0.645. The maximum Gasteiger partial charge on any atom is -0.00430 e. The van der Waals surface area contributed by atoms with Crippen LogP contribution in [0.25, 0.3) is 0 Å². The van der Waals surface area contributed by atoms with Crippen LogP contribution in [-0.4, -0.2) is 13.1 Å². The molecule has 3 fully saturated rings. The minimum absolute atomic E-state index is 0.752. The zero-order valence-corrected chi connectivity index (χ0v) is 7.71. The highest BCUT2D eigenvalue weighted by Crippen LogP contribution is 2.47. The second kappa shape index (κ2) is 3.35. The summed E-state index contributed by atoms with van der Waals surface area (Å²) in [4.78, 5) is 0. The third-order valence-corrected chi connectivity index (χ3v) is 4.12. The fourth-order valence-corrected chi connectivity index (χ4v) is 3.43. The van der Waals surface area contributed by atoms with E-state index in [2.05, 4.69) is 0 Å². The summed E-state index contributed by atoms with van der Waals surface area (Å²) in [7, 11) is 0. The van der Waals surface area contributed by atoms with E-state index in [0.717, 1.165) is 36.8 Å². The lowest BCUT2D eigenvalue weighted by Gasteiger charge is -2.48. The first-order valence-electron chi connectivity index (χ1n) is 5.27. The van der Waals surface area contributed by atoms with E-state index >= 15 is 0 Å². The van der Waals surface area contributed by atoms with Crippen LogP contribution in [0.15, 0.2) is 0 Å². The average Bonchev–Trinajstić information content (AvgIpc) is 2.18. The summed E-state index contributed by atoms with van der Waals surface area (Å²) in [6.45, 7) is 1.73. The van der Waals surface area contributed by atoms with Crippen LogP contribution in [0.5, 0.6) is 0 Å². The van der Waals surface area contributed by atoms with Gasteiger partial charge in [0.25, 0.3) is 0 Å². The highest BCUT2D eigenvalue weighted by molar-refractivity contribution is 4.93. The van der Waals surface area contributed by atoms with Crippen molar-refractivity contribution in [3.8, 4) is 0 Å². The minimum atomic E-state index is 0.752. The van der Waals surface area contributed by atoms with Crippen LogP contribution in [0.1, 0.15) is 25.7 Å². The molecule has 3 rings (SSSR count). The molecule has 0 saturated heterocycles. The first kappa shape index (κ1) is 8.52. The number of hydrogen-bond donors (Lipinski definition) is 2. The maximum atomic E-state index is 5.80. The molecule has 0 aromatic heterocycles. The molecular weight excluding hydrogens is 148 g/mol. The zero-order valence-electron chi connectivity index (χ0n) is 7.71. The largest absolute Gasteiger partial charge is 0.330 e. The van der Waals surface area contributed by atoms with Gasteiger partial charge in [-0.1, -0.05) is 0 Å². The molecule has 0 amide bonds. The lowest BCUT2D eigenvalue weighted by molar-refractivity contribution is 0.0337. The van der Waals surface area contributed by atoms with Gasteiger partial charge < -0.3 is 11.5 Å². The van der Waals surface area contributed by atoms with Gasteiger partial charge in [-0.3, -0.25) is 0 Å². The zero-order chi connectivity index (χ0) is 8.55. The molecule has 3 aliphatic carbocycles.